The standard InChI is InChI=1S/C6H5F.3CO.Co/c7-6-4-2-1-3-5-6;3*1-2;/h1-5H;;;;. The second kappa shape index (κ2) is 29.7. The fraction of sp³-hybridized carbons (Fsp3) is 0. The van der Waals surface area contributed by atoms with Crippen molar-refractivity contribution in [2.24, 2.45) is 0 Å². The fourth-order valence-electron chi connectivity index (χ4n) is 0.415. The minimum Gasteiger partial charge on any atom is 0 e. The Morgan fingerprint density at radius 1 is 0.786 bits per heavy atom. The molecule has 1 aromatic carbocycles. The molecule has 0 amide bonds. The van der Waals surface area contributed by atoms with Gasteiger partial charge in [-0.1, -0.05) is 18.2 Å². The Bertz CT molecular complexity index is 229. The smallest absolute Gasteiger partial charge is 0 e. The molecule has 1 rings (SSSR count). The van der Waals surface area contributed by atoms with Gasteiger partial charge in [-0.3, -0.25) is 0 Å². The van der Waals surface area contributed by atoms with Gasteiger partial charge in [-0.05, 0) is 12.1 Å². The van der Waals surface area contributed by atoms with Gasteiger partial charge in [0.25, 0.3) is 0 Å². The maximum absolute atomic E-state index is 11.9. The van der Waals surface area contributed by atoms with Gasteiger partial charge in [0.15, 0.2) is 0 Å². The van der Waals surface area contributed by atoms with Crippen LogP contribution >= 0.6 is 0 Å². The van der Waals surface area contributed by atoms with Crippen LogP contribution in [-0.2, 0) is 30.7 Å². The molecule has 75 valence electrons. The van der Waals surface area contributed by atoms with E-state index in [1.807, 2.05) is 0 Å². The molecule has 0 aliphatic heterocycles. The van der Waals surface area contributed by atoms with Crippen molar-refractivity contribution in [2.75, 3.05) is 0 Å². The van der Waals surface area contributed by atoms with E-state index in [0.717, 1.165) is 0 Å². The topological polar surface area (TPSA) is 59.7 Å². The number of halogens is 1. The van der Waals surface area contributed by atoms with Crippen molar-refractivity contribution >= 4 is 0 Å². The van der Waals surface area contributed by atoms with Crippen molar-refractivity contribution in [2.45, 2.75) is 0 Å². The van der Waals surface area contributed by atoms with E-state index in [4.69, 9.17) is 14.0 Å². The maximum Gasteiger partial charge on any atom is 0 e. The van der Waals surface area contributed by atoms with Crippen LogP contribution < -0.4 is 0 Å². The zero-order valence-electron chi connectivity index (χ0n) is 6.82. The zero-order valence-corrected chi connectivity index (χ0v) is 7.86. The van der Waals surface area contributed by atoms with Gasteiger partial charge in [0, 0.05) is 16.8 Å². The van der Waals surface area contributed by atoms with E-state index in [1.165, 1.54) is 12.1 Å². The van der Waals surface area contributed by atoms with E-state index in [2.05, 4.69) is 20.0 Å². The third kappa shape index (κ3) is 22.4. The maximum atomic E-state index is 11.9. The predicted molar refractivity (Wildman–Crippen MR) is 38.2 cm³/mol. The molecule has 0 aliphatic carbocycles. The first kappa shape index (κ1) is 23.1. The zero-order chi connectivity index (χ0) is 11.1. The molecular weight excluding hydrogens is 234 g/mol. The van der Waals surface area contributed by atoms with Crippen molar-refractivity contribution in [1.29, 1.82) is 0 Å². The Balaban J connectivity index is -0.0000000625. The quantitative estimate of drug-likeness (QED) is 0.488. The molecule has 0 N–H and O–H groups in total. The fourth-order valence-corrected chi connectivity index (χ4v) is 0.415. The SMILES string of the molecule is Fc1ccccc1.[C-]#[O+].[C-]#[O+].[C-]#[O+].[Co]. The summed E-state index contributed by atoms with van der Waals surface area (Å²) in [6, 6.07) is 7.94. The molecule has 1 aromatic rings. The summed E-state index contributed by atoms with van der Waals surface area (Å²) >= 11 is 0. The first-order valence-corrected chi connectivity index (χ1v) is 2.71. The molecule has 0 saturated carbocycles. The molecule has 14 heavy (non-hydrogen) atoms. The minimum absolute atomic E-state index is 0. The van der Waals surface area contributed by atoms with Crippen LogP contribution in [0.2, 0.25) is 0 Å². The third-order valence-corrected chi connectivity index (χ3v) is 0.733. The van der Waals surface area contributed by atoms with Gasteiger partial charge in [0.05, 0.1) is 0 Å². The number of hydrogen-bond donors (Lipinski definition) is 0. The monoisotopic (exact) mass is 239 g/mol. The van der Waals surface area contributed by atoms with E-state index in [-0.39, 0.29) is 22.6 Å². The van der Waals surface area contributed by atoms with Crippen molar-refractivity contribution < 1.29 is 35.1 Å². The molecule has 0 bridgehead atoms. The van der Waals surface area contributed by atoms with Gasteiger partial charge < -0.3 is 0 Å². The molecule has 0 saturated heterocycles. The summed E-state index contributed by atoms with van der Waals surface area (Å²) in [6.45, 7) is 13.5. The molecule has 0 aromatic heterocycles. The van der Waals surface area contributed by atoms with Gasteiger partial charge in [0.1, 0.15) is 5.82 Å². The second-order valence-electron chi connectivity index (χ2n) is 1.30. The molecule has 3 nitrogen and oxygen atoms in total. The van der Waals surface area contributed by atoms with Crippen LogP contribution in [0.4, 0.5) is 4.39 Å². The summed E-state index contributed by atoms with van der Waals surface area (Å²) in [6.07, 6.45) is 0. The average Bonchev–Trinajstić information content (AvgIpc) is 2.28. The predicted octanol–water partition coefficient (Wildman–Crippen LogP) is 1.71. The largest absolute Gasteiger partial charge is 0 e. The van der Waals surface area contributed by atoms with Crippen LogP contribution in [0.15, 0.2) is 30.3 Å². The number of rotatable bonds is 0. The summed E-state index contributed by atoms with van der Waals surface area (Å²) in [5.74, 6) is -0.178. The Hall–Kier alpha value is -1.12. The van der Waals surface area contributed by atoms with Crippen molar-refractivity contribution in [3.05, 3.63) is 56.1 Å². The van der Waals surface area contributed by atoms with Crippen molar-refractivity contribution in [3.63, 3.8) is 0 Å². The van der Waals surface area contributed by atoms with Crippen LogP contribution in [0.3, 0.4) is 0 Å². The summed E-state index contributed by atoms with van der Waals surface area (Å²) in [7, 11) is 0. The number of benzene rings is 1. The molecule has 0 spiro atoms. The van der Waals surface area contributed by atoms with E-state index >= 15 is 0 Å². The third-order valence-electron chi connectivity index (χ3n) is 0.733. The minimum atomic E-state index is -0.178. The van der Waals surface area contributed by atoms with Gasteiger partial charge in [0.2, 0.25) is 0 Å². The molecular formula is C9H5CoFO3. The summed E-state index contributed by atoms with van der Waals surface area (Å²) in [5, 5.41) is 0. The molecule has 0 heterocycles. The molecule has 0 unspecified atom stereocenters. The van der Waals surface area contributed by atoms with Crippen LogP contribution in [0.25, 0.3) is 0 Å². The summed E-state index contributed by atoms with van der Waals surface area (Å²) in [4.78, 5) is 0. The average molecular weight is 239 g/mol. The van der Waals surface area contributed by atoms with Crippen LogP contribution in [0.5, 0.6) is 0 Å². The van der Waals surface area contributed by atoms with Gasteiger partial charge in [-0.15, -0.1) is 0 Å². The Morgan fingerprint density at radius 2 is 1.07 bits per heavy atom. The van der Waals surface area contributed by atoms with Gasteiger partial charge >= 0.3 is 33.9 Å². The van der Waals surface area contributed by atoms with Crippen LogP contribution in [0.1, 0.15) is 0 Å². The second-order valence-corrected chi connectivity index (χ2v) is 1.30. The van der Waals surface area contributed by atoms with E-state index in [1.54, 1.807) is 18.2 Å². The van der Waals surface area contributed by atoms with Crippen LogP contribution in [-0.4, -0.2) is 0 Å². The first-order valence-electron chi connectivity index (χ1n) is 2.71. The Morgan fingerprint density at radius 3 is 1.21 bits per heavy atom. The van der Waals surface area contributed by atoms with Crippen molar-refractivity contribution in [3.8, 4) is 0 Å². The van der Waals surface area contributed by atoms with Crippen molar-refractivity contribution in [1.82, 2.24) is 0 Å². The molecule has 1 radical (unpaired) electrons. The Labute approximate surface area is 91.7 Å². The van der Waals surface area contributed by atoms with E-state index in [9.17, 15) is 4.39 Å². The molecule has 0 aliphatic rings. The summed E-state index contributed by atoms with van der Waals surface area (Å²) < 4.78 is 34.4. The van der Waals surface area contributed by atoms with E-state index in [0.29, 0.717) is 0 Å². The van der Waals surface area contributed by atoms with E-state index < -0.39 is 0 Å². The van der Waals surface area contributed by atoms with Gasteiger partial charge in [-0.25, -0.2) is 4.39 Å². The Kier molecular flexibility index (Phi) is 48.9. The summed E-state index contributed by atoms with van der Waals surface area (Å²) in [5.41, 5.74) is 0. The molecule has 5 heteroatoms. The first-order chi connectivity index (χ1) is 6.39. The van der Waals surface area contributed by atoms with Gasteiger partial charge in [-0.2, -0.15) is 0 Å². The molecule has 0 fully saturated rings. The normalized spacial score (nSPS) is 4.79. The number of hydrogen-bond acceptors (Lipinski definition) is 0. The van der Waals surface area contributed by atoms with Crippen LogP contribution in [0, 0.1) is 25.8 Å². The molecule has 0 atom stereocenters.